The van der Waals surface area contributed by atoms with E-state index in [1.807, 2.05) is 0 Å². The lowest BCUT2D eigenvalue weighted by Crippen LogP contribution is -2.23. The Kier molecular flexibility index (Phi) is 2.88. The van der Waals surface area contributed by atoms with Gasteiger partial charge in [-0.1, -0.05) is 0 Å². The molecular formula is C8H12O3. The fourth-order valence-corrected chi connectivity index (χ4v) is 1.07. The van der Waals surface area contributed by atoms with E-state index in [0.29, 0.717) is 13.0 Å². The molecule has 0 spiro atoms. The lowest BCUT2D eigenvalue weighted by atomic mass is 10.2. The summed E-state index contributed by atoms with van der Waals surface area (Å²) in [5.41, 5.74) is 0. The van der Waals surface area contributed by atoms with Crippen molar-refractivity contribution >= 4 is 5.97 Å². The predicted octanol–water partition coefficient (Wildman–Crippen LogP) is 0.808. The first-order valence-electron chi connectivity index (χ1n) is 3.81. The topological polar surface area (TPSA) is 35.5 Å². The molecule has 3 nitrogen and oxygen atoms in total. The molecule has 0 aromatic heterocycles. The number of esters is 1. The van der Waals surface area contributed by atoms with E-state index in [1.54, 1.807) is 6.92 Å². The predicted molar refractivity (Wildman–Crippen MR) is 38.8 cm³/mol. The van der Waals surface area contributed by atoms with Crippen LogP contribution in [-0.2, 0) is 14.3 Å². The summed E-state index contributed by atoms with van der Waals surface area (Å²) >= 11 is 0. The Balaban J connectivity index is 2.31. The molecule has 11 heavy (non-hydrogen) atoms. The highest BCUT2D eigenvalue weighted by Gasteiger charge is 2.29. The minimum Gasteiger partial charge on any atom is -0.464 e. The molecule has 1 aliphatic rings. The summed E-state index contributed by atoms with van der Waals surface area (Å²) in [6.45, 7) is 7.60. The van der Waals surface area contributed by atoms with Gasteiger partial charge in [0.25, 0.3) is 0 Å². The highest BCUT2D eigenvalue weighted by atomic mass is 16.6. The van der Waals surface area contributed by atoms with Crippen molar-refractivity contribution in [1.82, 2.24) is 0 Å². The van der Waals surface area contributed by atoms with Gasteiger partial charge in [0, 0.05) is 0 Å². The summed E-state index contributed by atoms with van der Waals surface area (Å²) in [5.74, 6) is -0.291. The molecule has 0 aromatic carbocycles. The van der Waals surface area contributed by atoms with Gasteiger partial charge in [-0.2, -0.15) is 0 Å². The third-order valence-electron chi connectivity index (χ3n) is 1.60. The summed E-state index contributed by atoms with van der Waals surface area (Å²) < 4.78 is 9.83. The van der Waals surface area contributed by atoms with E-state index in [4.69, 9.17) is 16.4 Å². The maximum absolute atomic E-state index is 11.0. The number of hydrogen-bond acceptors (Lipinski definition) is 3. The van der Waals surface area contributed by atoms with Crippen molar-refractivity contribution in [3.05, 3.63) is 6.92 Å². The molecule has 1 rings (SSSR count). The van der Waals surface area contributed by atoms with E-state index < -0.39 is 6.10 Å². The summed E-state index contributed by atoms with van der Waals surface area (Å²) in [7, 11) is 0. The molecule has 0 saturated carbocycles. The summed E-state index contributed by atoms with van der Waals surface area (Å²) in [6, 6.07) is 0. The lowest BCUT2D eigenvalue weighted by Gasteiger charge is -2.08. The number of carbonyl (C=O) groups excluding carboxylic acids is 1. The van der Waals surface area contributed by atoms with Crippen molar-refractivity contribution in [2.45, 2.75) is 32.0 Å². The second kappa shape index (κ2) is 3.72. The van der Waals surface area contributed by atoms with Crippen LogP contribution in [0, 0.1) is 6.92 Å². The van der Waals surface area contributed by atoms with Crippen LogP contribution in [0.3, 0.4) is 0 Å². The fraction of sp³-hybridized carbons (Fsp3) is 0.750. The molecule has 0 bridgehead atoms. The summed E-state index contributed by atoms with van der Waals surface area (Å²) in [6.07, 6.45) is 0.707. The van der Waals surface area contributed by atoms with Gasteiger partial charge in [-0.25, -0.2) is 4.79 Å². The molecule has 62 valence electrons. The molecule has 3 heteroatoms. The van der Waals surface area contributed by atoms with E-state index in [-0.39, 0.29) is 12.1 Å². The zero-order valence-corrected chi connectivity index (χ0v) is 6.58. The number of rotatable bonds is 2. The summed E-state index contributed by atoms with van der Waals surface area (Å²) in [5, 5.41) is 0. The minimum absolute atomic E-state index is 0.288. The van der Waals surface area contributed by atoms with Crippen molar-refractivity contribution in [3.63, 3.8) is 0 Å². The van der Waals surface area contributed by atoms with Gasteiger partial charge in [0.2, 0.25) is 0 Å². The molecule has 0 N–H and O–H groups in total. The van der Waals surface area contributed by atoms with Crippen LogP contribution in [0.1, 0.15) is 19.8 Å². The van der Waals surface area contributed by atoms with Crippen LogP contribution in [0.4, 0.5) is 0 Å². The Hall–Kier alpha value is -0.570. The Labute approximate surface area is 66.7 Å². The van der Waals surface area contributed by atoms with Gasteiger partial charge in [-0.3, -0.25) is 0 Å². The van der Waals surface area contributed by atoms with Gasteiger partial charge in [0.1, 0.15) is 0 Å². The second-order valence-electron chi connectivity index (χ2n) is 2.49. The molecular weight excluding hydrogens is 144 g/mol. The van der Waals surface area contributed by atoms with E-state index in [9.17, 15) is 4.79 Å². The third-order valence-corrected chi connectivity index (χ3v) is 1.60. The average molecular weight is 156 g/mol. The zero-order chi connectivity index (χ0) is 8.27. The first-order chi connectivity index (χ1) is 5.24. The normalized spacial score (nSPS) is 30.4. The van der Waals surface area contributed by atoms with Crippen molar-refractivity contribution in [1.29, 1.82) is 0 Å². The van der Waals surface area contributed by atoms with Crippen LogP contribution in [0.5, 0.6) is 0 Å². The quantitative estimate of drug-likeness (QED) is 0.555. The molecule has 1 fully saturated rings. The van der Waals surface area contributed by atoms with Crippen LogP contribution < -0.4 is 0 Å². The van der Waals surface area contributed by atoms with Crippen LogP contribution in [0.25, 0.3) is 0 Å². The molecule has 1 unspecified atom stereocenters. The largest absolute Gasteiger partial charge is 0.464 e. The van der Waals surface area contributed by atoms with Crippen LogP contribution in [0.15, 0.2) is 0 Å². The zero-order valence-electron chi connectivity index (χ0n) is 6.58. The first-order valence-corrected chi connectivity index (χ1v) is 3.81. The standard InChI is InChI=1S/C8H12O3/c1-3-10-8(9)7-5-4-6(2)11-7/h2,6-7H,3-5H2,1H3/t6?,7-/m0/s1. The van der Waals surface area contributed by atoms with E-state index in [1.165, 1.54) is 0 Å². The van der Waals surface area contributed by atoms with Gasteiger partial charge in [0.05, 0.1) is 12.7 Å². The minimum atomic E-state index is -0.426. The highest BCUT2D eigenvalue weighted by molar-refractivity contribution is 5.74. The van der Waals surface area contributed by atoms with Gasteiger partial charge in [0.15, 0.2) is 6.10 Å². The Morgan fingerprint density at radius 3 is 2.91 bits per heavy atom. The molecule has 2 radical (unpaired) electrons. The van der Waals surface area contributed by atoms with E-state index in [2.05, 4.69) is 0 Å². The van der Waals surface area contributed by atoms with Gasteiger partial charge >= 0.3 is 5.97 Å². The van der Waals surface area contributed by atoms with Crippen LogP contribution in [0.2, 0.25) is 0 Å². The first kappa shape index (κ1) is 8.53. The maximum Gasteiger partial charge on any atom is 0.335 e. The van der Waals surface area contributed by atoms with Crippen molar-refractivity contribution in [2.24, 2.45) is 0 Å². The third kappa shape index (κ3) is 2.19. The van der Waals surface area contributed by atoms with Crippen molar-refractivity contribution in [3.8, 4) is 0 Å². The molecule has 0 amide bonds. The lowest BCUT2D eigenvalue weighted by molar-refractivity contribution is -0.154. The Morgan fingerprint density at radius 2 is 2.45 bits per heavy atom. The molecule has 0 aromatic rings. The molecule has 1 aliphatic heterocycles. The van der Waals surface area contributed by atoms with Gasteiger partial charge in [-0.15, -0.1) is 0 Å². The fourth-order valence-electron chi connectivity index (χ4n) is 1.07. The van der Waals surface area contributed by atoms with E-state index in [0.717, 1.165) is 6.42 Å². The van der Waals surface area contributed by atoms with Gasteiger partial charge < -0.3 is 9.47 Å². The Bertz CT molecular complexity index is 144. The van der Waals surface area contributed by atoms with E-state index >= 15 is 0 Å². The average Bonchev–Trinajstić information content (AvgIpc) is 2.36. The van der Waals surface area contributed by atoms with Crippen LogP contribution >= 0.6 is 0 Å². The Morgan fingerprint density at radius 1 is 1.73 bits per heavy atom. The summed E-state index contributed by atoms with van der Waals surface area (Å²) in [4.78, 5) is 11.0. The SMILES string of the molecule is [CH]C1CC[C@@H](C(=O)OCC)O1. The highest BCUT2D eigenvalue weighted by Crippen LogP contribution is 2.19. The molecule has 0 aliphatic carbocycles. The van der Waals surface area contributed by atoms with Crippen molar-refractivity contribution in [2.75, 3.05) is 6.61 Å². The number of ether oxygens (including phenoxy) is 2. The smallest absolute Gasteiger partial charge is 0.335 e. The second-order valence-corrected chi connectivity index (χ2v) is 2.49. The molecule has 1 saturated heterocycles. The number of hydrogen-bond donors (Lipinski definition) is 0. The molecule has 2 atom stereocenters. The van der Waals surface area contributed by atoms with Crippen molar-refractivity contribution < 1.29 is 14.3 Å². The number of carbonyl (C=O) groups is 1. The maximum atomic E-state index is 11.0. The van der Waals surface area contributed by atoms with Gasteiger partial charge in [-0.05, 0) is 26.7 Å². The van der Waals surface area contributed by atoms with Crippen LogP contribution in [-0.4, -0.2) is 24.8 Å². The monoisotopic (exact) mass is 156 g/mol. The molecule has 1 heterocycles.